The van der Waals surface area contributed by atoms with Crippen molar-refractivity contribution in [2.45, 2.75) is 43.5 Å². The third-order valence-electron chi connectivity index (χ3n) is 7.17. The van der Waals surface area contributed by atoms with Crippen molar-refractivity contribution in [3.05, 3.63) is 59.2 Å². The summed E-state index contributed by atoms with van der Waals surface area (Å²) in [5.41, 5.74) is 0.707. The van der Waals surface area contributed by atoms with Crippen LogP contribution in [-0.2, 0) is 24.3 Å². The van der Waals surface area contributed by atoms with E-state index in [-0.39, 0.29) is 28.3 Å². The number of ether oxygens (including phenoxy) is 3. The molecule has 2 heterocycles. The van der Waals surface area contributed by atoms with Crippen molar-refractivity contribution in [1.29, 1.82) is 0 Å². The zero-order valence-corrected chi connectivity index (χ0v) is 23.9. The number of ketones is 1. The van der Waals surface area contributed by atoms with E-state index in [0.717, 1.165) is 19.3 Å². The fourth-order valence-electron chi connectivity index (χ4n) is 5.16. The normalized spacial score (nSPS) is 19.7. The molecule has 2 aliphatic rings. The molecular formula is C29H36N2O8S. The Hall–Kier alpha value is -3.41. The third-order valence-corrected chi connectivity index (χ3v) is 9.08. The predicted octanol–water partition coefficient (Wildman–Crippen LogP) is 3.73. The van der Waals surface area contributed by atoms with Crippen LogP contribution in [0.25, 0.3) is 5.76 Å². The molecule has 216 valence electrons. The number of Topliss-reactive ketones (excluding diaryl/α,β-unsaturated/α-hetero) is 1. The number of carbonyl (C=O) groups excluding carboxylic acids is 2. The molecule has 1 N–H and O–H groups in total. The van der Waals surface area contributed by atoms with Crippen LogP contribution in [0, 0.1) is 0 Å². The van der Waals surface area contributed by atoms with E-state index in [1.807, 2.05) is 6.92 Å². The molecule has 1 unspecified atom stereocenters. The SMILES string of the molecule is CCOc1ccc(C2C(=C(O)c3ccc(S(=O)(=O)N4CCCCC4)cc3)C(=O)C(=O)N2CCCOC)cc1OC. The van der Waals surface area contributed by atoms with Crippen LogP contribution >= 0.6 is 0 Å². The maximum Gasteiger partial charge on any atom is 0.295 e. The monoisotopic (exact) mass is 572 g/mol. The molecule has 0 aliphatic carbocycles. The summed E-state index contributed by atoms with van der Waals surface area (Å²) >= 11 is 0. The van der Waals surface area contributed by atoms with Gasteiger partial charge in [-0.05, 0) is 68.1 Å². The summed E-state index contributed by atoms with van der Waals surface area (Å²) in [5.74, 6) is -1.00. The number of hydrogen-bond donors (Lipinski definition) is 1. The summed E-state index contributed by atoms with van der Waals surface area (Å²) in [6, 6.07) is 9.98. The van der Waals surface area contributed by atoms with E-state index in [9.17, 15) is 23.1 Å². The summed E-state index contributed by atoms with van der Waals surface area (Å²) < 4.78 is 43.9. The number of likely N-dealkylation sites (tertiary alicyclic amines) is 1. The second-order valence-electron chi connectivity index (χ2n) is 9.67. The Bertz CT molecular complexity index is 1360. The zero-order chi connectivity index (χ0) is 28.9. The van der Waals surface area contributed by atoms with Gasteiger partial charge >= 0.3 is 0 Å². The highest BCUT2D eigenvalue weighted by molar-refractivity contribution is 7.89. The van der Waals surface area contributed by atoms with E-state index < -0.39 is 27.8 Å². The number of rotatable bonds is 11. The Balaban J connectivity index is 1.76. The van der Waals surface area contributed by atoms with Gasteiger partial charge in [0.1, 0.15) is 5.76 Å². The van der Waals surface area contributed by atoms with Crippen LogP contribution in [0.1, 0.15) is 49.8 Å². The highest BCUT2D eigenvalue weighted by Crippen LogP contribution is 2.42. The van der Waals surface area contributed by atoms with E-state index in [1.165, 1.54) is 40.6 Å². The number of aliphatic hydroxyl groups excluding tert-OH is 1. The smallest absolute Gasteiger partial charge is 0.295 e. The van der Waals surface area contributed by atoms with E-state index in [2.05, 4.69) is 0 Å². The van der Waals surface area contributed by atoms with E-state index in [4.69, 9.17) is 14.2 Å². The van der Waals surface area contributed by atoms with Gasteiger partial charge in [-0.3, -0.25) is 9.59 Å². The lowest BCUT2D eigenvalue weighted by atomic mass is 9.95. The minimum Gasteiger partial charge on any atom is -0.507 e. The summed E-state index contributed by atoms with van der Waals surface area (Å²) in [6.07, 6.45) is 3.12. The van der Waals surface area contributed by atoms with Gasteiger partial charge in [-0.1, -0.05) is 12.5 Å². The van der Waals surface area contributed by atoms with E-state index in [1.54, 1.807) is 25.3 Å². The maximum atomic E-state index is 13.3. The molecule has 11 heteroatoms. The number of piperidine rings is 1. The summed E-state index contributed by atoms with van der Waals surface area (Å²) in [4.78, 5) is 28.0. The molecule has 2 saturated heterocycles. The number of sulfonamides is 1. The molecule has 2 aromatic carbocycles. The lowest BCUT2D eigenvalue weighted by Gasteiger charge is -2.26. The first kappa shape index (κ1) is 29.6. The number of methoxy groups -OCH3 is 2. The van der Waals surface area contributed by atoms with Gasteiger partial charge < -0.3 is 24.2 Å². The van der Waals surface area contributed by atoms with Gasteiger partial charge in [0.15, 0.2) is 11.5 Å². The number of carbonyl (C=O) groups is 2. The van der Waals surface area contributed by atoms with Crippen molar-refractivity contribution in [2.75, 3.05) is 47.1 Å². The van der Waals surface area contributed by atoms with Crippen LogP contribution in [0.3, 0.4) is 0 Å². The molecule has 0 bridgehead atoms. The molecule has 1 atom stereocenters. The van der Waals surface area contributed by atoms with Crippen molar-refractivity contribution in [1.82, 2.24) is 9.21 Å². The Labute approximate surface area is 235 Å². The van der Waals surface area contributed by atoms with Gasteiger partial charge in [0.05, 0.1) is 30.2 Å². The van der Waals surface area contributed by atoms with Gasteiger partial charge in [-0.25, -0.2) is 8.42 Å². The molecule has 1 amide bonds. The first-order chi connectivity index (χ1) is 19.2. The van der Waals surface area contributed by atoms with Crippen molar-refractivity contribution >= 4 is 27.5 Å². The van der Waals surface area contributed by atoms with Gasteiger partial charge in [-0.15, -0.1) is 0 Å². The average molecular weight is 573 g/mol. The van der Waals surface area contributed by atoms with Gasteiger partial charge in [0.25, 0.3) is 11.7 Å². The minimum atomic E-state index is -3.67. The maximum absolute atomic E-state index is 13.3. The van der Waals surface area contributed by atoms with Gasteiger partial charge in [-0.2, -0.15) is 4.31 Å². The lowest BCUT2D eigenvalue weighted by Crippen LogP contribution is -2.35. The minimum absolute atomic E-state index is 0.0831. The molecule has 10 nitrogen and oxygen atoms in total. The molecule has 4 rings (SSSR count). The molecule has 2 aliphatic heterocycles. The van der Waals surface area contributed by atoms with E-state index in [0.29, 0.717) is 49.8 Å². The first-order valence-corrected chi connectivity index (χ1v) is 14.9. The Morgan fingerprint density at radius 2 is 1.70 bits per heavy atom. The Morgan fingerprint density at radius 3 is 2.33 bits per heavy atom. The van der Waals surface area contributed by atoms with Crippen LogP contribution in [0.15, 0.2) is 52.9 Å². The summed E-state index contributed by atoms with van der Waals surface area (Å²) in [6.45, 7) is 3.83. The van der Waals surface area contributed by atoms with Crippen LogP contribution in [-0.4, -0.2) is 81.5 Å². The molecule has 0 radical (unpaired) electrons. The molecule has 2 fully saturated rings. The second kappa shape index (κ2) is 12.8. The quantitative estimate of drug-likeness (QED) is 0.187. The number of aliphatic hydroxyl groups is 1. The molecule has 2 aromatic rings. The first-order valence-electron chi connectivity index (χ1n) is 13.4. The fourth-order valence-corrected chi connectivity index (χ4v) is 6.68. The van der Waals surface area contributed by atoms with Gasteiger partial charge in [0.2, 0.25) is 10.0 Å². The highest BCUT2D eigenvalue weighted by atomic mass is 32.2. The van der Waals surface area contributed by atoms with Crippen LogP contribution in [0.2, 0.25) is 0 Å². The number of hydrogen-bond acceptors (Lipinski definition) is 8. The topological polar surface area (TPSA) is 123 Å². The number of amides is 1. The molecule has 40 heavy (non-hydrogen) atoms. The Kier molecular flexibility index (Phi) is 9.49. The van der Waals surface area contributed by atoms with Crippen molar-refractivity contribution in [2.24, 2.45) is 0 Å². The van der Waals surface area contributed by atoms with Crippen LogP contribution < -0.4 is 9.47 Å². The Morgan fingerprint density at radius 1 is 1.00 bits per heavy atom. The highest BCUT2D eigenvalue weighted by Gasteiger charge is 2.46. The molecule has 0 saturated carbocycles. The van der Waals surface area contributed by atoms with Crippen LogP contribution in [0.4, 0.5) is 0 Å². The van der Waals surface area contributed by atoms with Gasteiger partial charge in [0, 0.05) is 38.9 Å². The number of nitrogens with zero attached hydrogens (tertiary/aromatic N) is 2. The zero-order valence-electron chi connectivity index (χ0n) is 23.1. The fraction of sp³-hybridized carbons (Fsp3) is 0.448. The second-order valence-corrected chi connectivity index (χ2v) is 11.6. The average Bonchev–Trinajstić information content (AvgIpc) is 3.23. The predicted molar refractivity (Wildman–Crippen MR) is 149 cm³/mol. The molecular weight excluding hydrogens is 536 g/mol. The standard InChI is InChI=1S/C29H36N2O8S/c1-4-39-23-14-11-21(19-24(23)38-3)26-25(28(33)29(34)31(26)17-8-18-37-2)27(32)20-9-12-22(13-10-20)40(35,36)30-15-6-5-7-16-30/h9-14,19,26,32H,4-8,15-18H2,1-3H3. The largest absolute Gasteiger partial charge is 0.507 e. The molecule has 0 aromatic heterocycles. The van der Waals surface area contributed by atoms with Crippen molar-refractivity contribution < 1.29 is 37.3 Å². The third kappa shape index (κ3) is 5.86. The lowest BCUT2D eigenvalue weighted by molar-refractivity contribution is -0.140. The number of benzene rings is 2. The summed E-state index contributed by atoms with van der Waals surface area (Å²) in [7, 11) is -0.616. The van der Waals surface area contributed by atoms with Crippen molar-refractivity contribution in [3.8, 4) is 11.5 Å². The van der Waals surface area contributed by atoms with Crippen molar-refractivity contribution in [3.63, 3.8) is 0 Å². The molecule has 0 spiro atoms. The van der Waals surface area contributed by atoms with Crippen LogP contribution in [0.5, 0.6) is 11.5 Å². The van der Waals surface area contributed by atoms with E-state index >= 15 is 0 Å². The summed E-state index contributed by atoms with van der Waals surface area (Å²) in [5, 5.41) is 11.4.